The van der Waals surface area contributed by atoms with Gasteiger partial charge in [-0.15, -0.1) is 0 Å². The summed E-state index contributed by atoms with van der Waals surface area (Å²) in [6.45, 7) is 6.58. The van der Waals surface area contributed by atoms with Crippen molar-refractivity contribution >= 4 is 17.4 Å². The number of halogens is 1. The molecule has 112 valence electrons. The lowest BCUT2D eigenvalue weighted by Gasteiger charge is -2.15. The molecule has 6 heteroatoms. The van der Waals surface area contributed by atoms with Crippen LogP contribution in [-0.2, 0) is 0 Å². The fourth-order valence-corrected chi connectivity index (χ4v) is 2.39. The Labute approximate surface area is 129 Å². The number of nitrogens with zero attached hydrogens (tertiary/aromatic N) is 2. The van der Waals surface area contributed by atoms with Gasteiger partial charge in [0.05, 0.1) is 7.11 Å². The van der Waals surface area contributed by atoms with Crippen molar-refractivity contribution in [3.8, 4) is 17.4 Å². The summed E-state index contributed by atoms with van der Waals surface area (Å²) in [5, 5.41) is 3.80. The first-order valence-corrected chi connectivity index (χ1v) is 7.02. The SMILES string of the molecule is CCNc1ncnc(Oc2c(C)cc(Cl)cc2C)c1OC. The molecule has 0 saturated carbocycles. The van der Waals surface area contributed by atoms with Gasteiger partial charge in [-0.3, -0.25) is 0 Å². The van der Waals surface area contributed by atoms with Gasteiger partial charge in [-0.05, 0) is 44.0 Å². The van der Waals surface area contributed by atoms with Gasteiger partial charge in [0.25, 0.3) is 5.88 Å². The summed E-state index contributed by atoms with van der Waals surface area (Å²) in [5.41, 5.74) is 1.87. The first kappa shape index (κ1) is 15.4. The maximum Gasteiger partial charge on any atom is 0.268 e. The third-order valence-electron chi connectivity index (χ3n) is 2.94. The fraction of sp³-hybridized carbons (Fsp3) is 0.333. The Bertz CT molecular complexity index is 624. The molecule has 1 aromatic heterocycles. The third kappa shape index (κ3) is 3.36. The van der Waals surface area contributed by atoms with Crippen LogP contribution in [0.25, 0.3) is 0 Å². The molecule has 0 bridgehead atoms. The molecule has 1 heterocycles. The third-order valence-corrected chi connectivity index (χ3v) is 3.16. The van der Waals surface area contributed by atoms with Crippen LogP contribution in [0.3, 0.4) is 0 Å². The molecule has 0 saturated heterocycles. The second kappa shape index (κ2) is 6.63. The van der Waals surface area contributed by atoms with Crippen LogP contribution in [0.1, 0.15) is 18.1 Å². The van der Waals surface area contributed by atoms with E-state index in [1.165, 1.54) is 6.33 Å². The lowest BCUT2D eigenvalue weighted by atomic mass is 10.1. The van der Waals surface area contributed by atoms with Crippen molar-refractivity contribution < 1.29 is 9.47 Å². The average molecular weight is 308 g/mol. The number of hydrogen-bond acceptors (Lipinski definition) is 5. The minimum Gasteiger partial charge on any atom is -0.489 e. The van der Waals surface area contributed by atoms with E-state index in [1.807, 2.05) is 32.9 Å². The van der Waals surface area contributed by atoms with Gasteiger partial charge >= 0.3 is 0 Å². The summed E-state index contributed by atoms with van der Waals surface area (Å²) in [5.74, 6) is 2.18. The number of rotatable bonds is 5. The molecule has 2 rings (SSSR count). The monoisotopic (exact) mass is 307 g/mol. The van der Waals surface area contributed by atoms with E-state index in [-0.39, 0.29) is 0 Å². The molecule has 0 aliphatic rings. The minimum absolute atomic E-state index is 0.372. The molecule has 0 unspecified atom stereocenters. The standard InChI is InChI=1S/C15H18ClN3O2/c1-5-17-14-13(20-4)15(19-8-18-14)21-12-9(2)6-11(16)7-10(12)3/h6-8H,5H2,1-4H3,(H,17,18,19). The molecule has 1 aromatic carbocycles. The predicted octanol–water partition coefficient (Wildman–Crippen LogP) is 3.98. The number of aryl methyl sites for hydroxylation is 2. The zero-order valence-corrected chi connectivity index (χ0v) is 13.3. The lowest BCUT2D eigenvalue weighted by Crippen LogP contribution is -2.05. The highest BCUT2D eigenvalue weighted by molar-refractivity contribution is 6.30. The zero-order valence-electron chi connectivity index (χ0n) is 12.5. The molecule has 0 amide bonds. The maximum absolute atomic E-state index is 6.03. The van der Waals surface area contributed by atoms with Crippen molar-refractivity contribution in [1.29, 1.82) is 0 Å². The molecule has 21 heavy (non-hydrogen) atoms. The van der Waals surface area contributed by atoms with Gasteiger partial charge in [0.2, 0.25) is 5.75 Å². The van der Waals surface area contributed by atoms with E-state index in [0.717, 1.165) is 23.4 Å². The maximum atomic E-state index is 6.03. The van der Waals surface area contributed by atoms with Gasteiger partial charge in [0.1, 0.15) is 12.1 Å². The Balaban J connectivity index is 2.42. The summed E-state index contributed by atoms with van der Waals surface area (Å²) in [6.07, 6.45) is 1.44. The second-order valence-corrected chi connectivity index (χ2v) is 5.00. The first-order chi connectivity index (χ1) is 10.1. The predicted molar refractivity (Wildman–Crippen MR) is 83.7 cm³/mol. The Morgan fingerprint density at radius 3 is 2.38 bits per heavy atom. The molecular weight excluding hydrogens is 290 g/mol. The summed E-state index contributed by atoms with van der Waals surface area (Å²) in [7, 11) is 1.56. The van der Waals surface area contributed by atoms with Gasteiger partial charge in [-0.25, -0.2) is 4.98 Å². The Morgan fingerprint density at radius 1 is 1.14 bits per heavy atom. The number of aromatic nitrogens is 2. The average Bonchev–Trinajstić information content (AvgIpc) is 2.43. The van der Waals surface area contributed by atoms with Crippen LogP contribution in [-0.4, -0.2) is 23.6 Å². The molecule has 0 fully saturated rings. The summed E-state index contributed by atoms with van der Waals surface area (Å²) in [6, 6.07) is 3.70. The van der Waals surface area contributed by atoms with Gasteiger partial charge in [-0.2, -0.15) is 4.98 Å². The number of ether oxygens (including phenoxy) is 2. The molecule has 1 N–H and O–H groups in total. The fourth-order valence-electron chi connectivity index (χ4n) is 2.06. The van der Waals surface area contributed by atoms with Crippen molar-refractivity contribution in [2.24, 2.45) is 0 Å². The van der Waals surface area contributed by atoms with Crippen LogP contribution in [0, 0.1) is 13.8 Å². The summed E-state index contributed by atoms with van der Waals surface area (Å²) >= 11 is 6.03. The van der Waals surface area contributed by atoms with E-state index in [9.17, 15) is 0 Å². The second-order valence-electron chi connectivity index (χ2n) is 4.56. The van der Waals surface area contributed by atoms with Gasteiger partial charge in [0, 0.05) is 11.6 Å². The first-order valence-electron chi connectivity index (χ1n) is 6.64. The lowest BCUT2D eigenvalue weighted by molar-refractivity contribution is 0.367. The highest BCUT2D eigenvalue weighted by Gasteiger charge is 2.16. The van der Waals surface area contributed by atoms with Gasteiger partial charge in [-0.1, -0.05) is 11.6 Å². The number of methoxy groups -OCH3 is 1. The van der Waals surface area contributed by atoms with E-state index in [4.69, 9.17) is 21.1 Å². The molecule has 0 spiro atoms. The van der Waals surface area contributed by atoms with Crippen LogP contribution >= 0.6 is 11.6 Å². The van der Waals surface area contributed by atoms with E-state index >= 15 is 0 Å². The van der Waals surface area contributed by atoms with Crippen molar-refractivity contribution in [3.63, 3.8) is 0 Å². The topological polar surface area (TPSA) is 56.3 Å². The molecule has 0 aliphatic heterocycles. The van der Waals surface area contributed by atoms with Crippen LogP contribution in [0.2, 0.25) is 5.02 Å². The van der Waals surface area contributed by atoms with Gasteiger partial charge < -0.3 is 14.8 Å². The van der Waals surface area contributed by atoms with Crippen molar-refractivity contribution in [2.75, 3.05) is 19.0 Å². The molecular formula is C15H18ClN3O2. The highest BCUT2D eigenvalue weighted by atomic mass is 35.5. The largest absolute Gasteiger partial charge is 0.489 e. The zero-order chi connectivity index (χ0) is 15.4. The molecule has 0 aliphatic carbocycles. The summed E-state index contributed by atoms with van der Waals surface area (Å²) in [4.78, 5) is 8.31. The highest BCUT2D eigenvalue weighted by Crippen LogP contribution is 2.37. The number of hydrogen-bond donors (Lipinski definition) is 1. The van der Waals surface area contributed by atoms with Crippen LogP contribution in [0.5, 0.6) is 17.4 Å². The van der Waals surface area contributed by atoms with Gasteiger partial charge in [0.15, 0.2) is 5.82 Å². The smallest absolute Gasteiger partial charge is 0.268 e. The van der Waals surface area contributed by atoms with E-state index in [0.29, 0.717) is 22.5 Å². The Kier molecular flexibility index (Phi) is 4.85. The number of benzene rings is 1. The number of nitrogens with one attached hydrogen (secondary N) is 1. The van der Waals surface area contributed by atoms with Crippen molar-refractivity contribution in [1.82, 2.24) is 9.97 Å². The van der Waals surface area contributed by atoms with Crippen LogP contribution < -0.4 is 14.8 Å². The molecule has 5 nitrogen and oxygen atoms in total. The minimum atomic E-state index is 0.372. The Hall–Kier alpha value is -2.01. The number of anilines is 1. The summed E-state index contributed by atoms with van der Waals surface area (Å²) < 4.78 is 11.3. The van der Waals surface area contributed by atoms with Crippen molar-refractivity contribution in [2.45, 2.75) is 20.8 Å². The Morgan fingerprint density at radius 2 is 1.81 bits per heavy atom. The van der Waals surface area contributed by atoms with E-state index < -0.39 is 0 Å². The quantitative estimate of drug-likeness (QED) is 0.905. The molecule has 0 radical (unpaired) electrons. The molecule has 2 aromatic rings. The van der Waals surface area contributed by atoms with E-state index in [2.05, 4.69) is 15.3 Å². The van der Waals surface area contributed by atoms with Crippen molar-refractivity contribution in [3.05, 3.63) is 34.6 Å². The molecule has 0 atom stereocenters. The normalized spacial score (nSPS) is 10.3. The van der Waals surface area contributed by atoms with E-state index in [1.54, 1.807) is 7.11 Å². The van der Waals surface area contributed by atoms with Crippen LogP contribution in [0.4, 0.5) is 5.82 Å². The van der Waals surface area contributed by atoms with Crippen LogP contribution in [0.15, 0.2) is 18.5 Å².